The van der Waals surface area contributed by atoms with E-state index in [1.54, 1.807) is 12.1 Å². The summed E-state index contributed by atoms with van der Waals surface area (Å²) in [5.74, 6) is -1.86. The highest BCUT2D eigenvalue weighted by Gasteiger charge is 2.28. The normalized spacial score (nSPS) is 11.4. The highest BCUT2D eigenvalue weighted by Crippen LogP contribution is 2.33. The summed E-state index contributed by atoms with van der Waals surface area (Å²) in [6, 6.07) is 9.87. The van der Waals surface area contributed by atoms with Crippen LogP contribution in [0.5, 0.6) is 0 Å². The smallest absolute Gasteiger partial charge is 0.348 e. The van der Waals surface area contributed by atoms with Crippen molar-refractivity contribution < 1.29 is 27.9 Å². The zero-order valence-electron chi connectivity index (χ0n) is 14.8. The summed E-state index contributed by atoms with van der Waals surface area (Å²) in [7, 11) is -3.02. The van der Waals surface area contributed by atoms with Crippen LogP contribution in [0, 0.1) is 0 Å². The molecule has 0 aliphatic heterocycles. The fraction of sp³-hybridized carbons (Fsp3) is 0.111. The molecule has 1 N–H and O–H groups in total. The number of carbonyl (C=O) groups excluding carboxylic acids is 1. The molecule has 0 aliphatic rings. The first kappa shape index (κ1) is 21.4. The van der Waals surface area contributed by atoms with Crippen molar-refractivity contribution in [3.05, 3.63) is 57.4 Å². The molecule has 0 radical (unpaired) electrons. The summed E-state index contributed by atoms with van der Waals surface area (Å²) in [5.41, 5.74) is 0.116. The van der Waals surface area contributed by atoms with Crippen molar-refractivity contribution in [2.75, 3.05) is 18.0 Å². The molecule has 3 aromatic rings. The number of esters is 1. The van der Waals surface area contributed by atoms with Crippen LogP contribution in [0.15, 0.2) is 47.4 Å². The molecule has 1 heterocycles. The van der Waals surface area contributed by atoms with Crippen LogP contribution in [0.1, 0.15) is 9.67 Å². The fourth-order valence-electron chi connectivity index (χ4n) is 2.63. The molecule has 0 saturated carbocycles. The number of methoxy groups -OCH3 is 1. The van der Waals surface area contributed by atoms with Crippen molar-refractivity contribution >= 4 is 72.3 Å². The third-order valence-corrected chi connectivity index (χ3v) is 7.16. The minimum Gasteiger partial charge on any atom is -0.480 e. The molecule has 3 rings (SSSR count). The van der Waals surface area contributed by atoms with Gasteiger partial charge in [0, 0.05) is 14.7 Å². The zero-order chi connectivity index (χ0) is 21.3. The monoisotopic (exact) mass is 473 g/mol. The van der Waals surface area contributed by atoms with Crippen molar-refractivity contribution in [1.82, 2.24) is 0 Å². The number of hydrogen-bond acceptors (Lipinski definition) is 6. The number of halogens is 2. The van der Waals surface area contributed by atoms with Gasteiger partial charge in [0.15, 0.2) is 0 Å². The predicted molar refractivity (Wildman–Crippen MR) is 112 cm³/mol. The Morgan fingerprint density at radius 3 is 2.34 bits per heavy atom. The van der Waals surface area contributed by atoms with Gasteiger partial charge in [-0.25, -0.2) is 13.2 Å². The first-order valence-corrected chi connectivity index (χ1v) is 11.0. The van der Waals surface area contributed by atoms with E-state index in [1.807, 2.05) is 0 Å². The fourth-order valence-corrected chi connectivity index (χ4v) is 5.72. The number of aliphatic carboxylic acids is 1. The van der Waals surface area contributed by atoms with E-state index in [-0.39, 0.29) is 20.6 Å². The molecule has 29 heavy (non-hydrogen) atoms. The van der Waals surface area contributed by atoms with E-state index in [2.05, 4.69) is 0 Å². The number of fused-ring (bicyclic) bond motifs is 1. The molecule has 0 aliphatic carbocycles. The van der Waals surface area contributed by atoms with Gasteiger partial charge in [0.25, 0.3) is 10.0 Å². The standard InChI is InChI=1S/C18H13Cl2NO6S2/c1-27-18(24)16-5-10-4-13(2-3-15(10)28-16)21(9-17(22)23)29(25,26)14-7-11(19)6-12(20)8-14/h2-8H,9H2,1H3,(H,22,23). The van der Waals surface area contributed by atoms with Gasteiger partial charge >= 0.3 is 11.9 Å². The van der Waals surface area contributed by atoms with Crippen LogP contribution in [0.2, 0.25) is 10.0 Å². The summed E-state index contributed by atoms with van der Waals surface area (Å²) < 4.78 is 32.4. The Kier molecular flexibility index (Phi) is 6.04. The predicted octanol–water partition coefficient (Wildman–Crippen LogP) is 4.27. The van der Waals surface area contributed by atoms with Gasteiger partial charge in [-0.15, -0.1) is 11.3 Å². The molecule has 152 valence electrons. The second-order valence-corrected chi connectivity index (χ2v) is 9.65. The Balaban J connectivity index is 2.13. The summed E-state index contributed by atoms with van der Waals surface area (Å²) >= 11 is 13.0. The van der Waals surface area contributed by atoms with Crippen molar-refractivity contribution in [3.63, 3.8) is 0 Å². The third kappa shape index (κ3) is 4.48. The van der Waals surface area contributed by atoms with E-state index in [0.717, 1.165) is 4.31 Å². The molecular weight excluding hydrogens is 461 g/mol. The number of ether oxygens (including phenoxy) is 1. The maximum atomic E-state index is 13.1. The van der Waals surface area contributed by atoms with Crippen molar-refractivity contribution in [2.24, 2.45) is 0 Å². The van der Waals surface area contributed by atoms with Crippen LogP contribution >= 0.6 is 34.5 Å². The lowest BCUT2D eigenvalue weighted by molar-refractivity contribution is -0.135. The number of thiophene rings is 1. The SMILES string of the molecule is COC(=O)c1cc2cc(N(CC(=O)O)S(=O)(=O)c3cc(Cl)cc(Cl)c3)ccc2s1. The maximum Gasteiger partial charge on any atom is 0.348 e. The van der Waals surface area contributed by atoms with Gasteiger partial charge in [0.1, 0.15) is 11.4 Å². The number of rotatable bonds is 6. The highest BCUT2D eigenvalue weighted by molar-refractivity contribution is 7.92. The van der Waals surface area contributed by atoms with Crippen LogP contribution < -0.4 is 4.31 Å². The second-order valence-electron chi connectivity index (χ2n) is 5.83. The first-order valence-electron chi connectivity index (χ1n) is 7.94. The van der Waals surface area contributed by atoms with Gasteiger partial charge < -0.3 is 9.84 Å². The molecule has 0 fully saturated rings. The maximum absolute atomic E-state index is 13.1. The molecular formula is C18H13Cl2NO6S2. The Hall–Kier alpha value is -2.33. The van der Waals surface area contributed by atoms with Gasteiger partial charge in [0.2, 0.25) is 0 Å². The molecule has 0 unspecified atom stereocenters. The molecule has 0 atom stereocenters. The van der Waals surface area contributed by atoms with Crippen molar-refractivity contribution in [1.29, 1.82) is 0 Å². The molecule has 0 spiro atoms. The van der Waals surface area contributed by atoms with Crippen LogP contribution in [-0.2, 0) is 19.6 Å². The molecule has 1 aromatic heterocycles. The average Bonchev–Trinajstić information content (AvgIpc) is 3.07. The van der Waals surface area contributed by atoms with E-state index < -0.39 is 28.5 Å². The number of benzene rings is 2. The molecule has 11 heteroatoms. The summed E-state index contributed by atoms with van der Waals surface area (Å²) in [4.78, 5) is 23.2. The Bertz CT molecular complexity index is 1200. The quantitative estimate of drug-likeness (QED) is 0.536. The van der Waals surface area contributed by atoms with Gasteiger partial charge in [-0.05, 0) is 47.9 Å². The molecule has 0 saturated heterocycles. The molecule has 7 nitrogen and oxygen atoms in total. The third-order valence-electron chi connectivity index (χ3n) is 3.88. The Morgan fingerprint density at radius 2 is 1.76 bits per heavy atom. The number of carbonyl (C=O) groups is 2. The van der Waals surface area contributed by atoms with Crippen LogP contribution in [0.3, 0.4) is 0 Å². The first-order chi connectivity index (χ1) is 13.6. The number of hydrogen-bond donors (Lipinski definition) is 1. The minimum absolute atomic E-state index is 0.0994. The zero-order valence-corrected chi connectivity index (χ0v) is 17.9. The van der Waals surface area contributed by atoms with E-state index in [0.29, 0.717) is 15.0 Å². The number of nitrogens with zero attached hydrogens (tertiary/aromatic N) is 1. The highest BCUT2D eigenvalue weighted by atomic mass is 35.5. The Labute approximate surface area is 180 Å². The number of carboxylic acid groups (broad SMARTS) is 1. The van der Waals surface area contributed by atoms with Gasteiger partial charge in [-0.1, -0.05) is 23.2 Å². The summed E-state index contributed by atoms with van der Waals surface area (Å²) in [6.45, 7) is -0.814. The van der Waals surface area contributed by atoms with Crippen molar-refractivity contribution in [2.45, 2.75) is 4.90 Å². The topological polar surface area (TPSA) is 101 Å². The largest absolute Gasteiger partial charge is 0.480 e. The van der Waals surface area contributed by atoms with Crippen LogP contribution in [-0.4, -0.2) is 39.1 Å². The average molecular weight is 474 g/mol. The van der Waals surface area contributed by atoms with Gasteiger partial charge in [-0.3, -0.25) is 9.10 Å². The number of carboxylic acids is 1. The van der Waals surface area contributed by atoms with E-state index in [9.17, 15) is 23.1 Å². The summed E-state index contributed by atoms with van der Waals surface area (Å²) in [5, 5.41) is 10.0. The number of anilines is 1. The van der Waals surface area contributed by atoms with E-state index in [4.69, 9.17) is 27.9 Å². The lowest BCUT2D eigenvalue weighted by Crippen LogP contribution is -2.35. The Morgan fingerprint density at radius 1 is 1.10 bits per heavy atom. The lowest BCUT2D eigenvalue weighted by Gasteiger charge is -2.23. The van der Waals surface area contributed by atoms with Crippen molar-refractivity contribution in [3.8, 4) is 0 Å². The van der Waals surface area contributed by atoms with E-state index >= 15 is 0 Å². The lowest BCUT2D eigenvalue weighted by atomic mass is 10.2. The second kappa shape index (κ2) is 8.19. The van der Waals surface area contributed by atoms with Gasteiger partial charge in [-0.2, -0.15) is 0 Å². The van der Waals surface area contributed by atoms with E-state index in [1.165, 1.54) is 48.8 Å². The minimum atomic E-state index is -4.28. The van der Waals surface area contributed by atoms with Crippen LogP contribution in [0.4, 0.5) is 5.69 Å². The number of sulfonamides is 1. The van der Waals surface area contributed by atoms with Gasteiger partial charge in [0.05, 0.1) is 17.7 Å². The summed E-state index contributed by atoms with van der Waals surface area (Å²) in [6.07, 6.45) is 0. The van der Waals surface area contributed by atoms with Crippen LogP contribution in [0.25, 0.3) is 10.1 Å². The molecule has 0 amide bonds. The molecule has 0 bridgehead atoms. The molecule has 2 aromatic carbocycles.